The number of benzene rings is 1. The minimum absolute atomic E-state index is 0.0795. The highest BCUT2D eigenvalue weighted by Gasteiger charge is 2.34. The van der Waals surface area contributed by atoms with Crippen LogP contribution in [0.1, 0.15) is 40.1 Å². The number of carboxylic acids is 1. The Bertz CT molecular complexity index is 872. The molecule has 2 aromatic rings. The predicted octanol–water partition coefficient (Wildman–Crippen LogP) is 2.99. The number of rotatable bonds is 4. The van der Waals surface area contributed by atoms with Gasteiger partial charge in [-0.05, 0) is 32.0 Å². The molecule has 0 atom stereocenters. The number of aromatic carboxylic acids is 1. The van der Waals surface area contributed by atoms with Crippen molar-refractivity contribution >= 4 is 11.9 Å². The average Bonchev–Trinajstić information content (AvgIpc) is 2.89. The van der Waals surface area contributed by atoms with Crippen molar-refractivity contribution in [1.29, 1.82) is 0 Å². The third-order valence-corrected chi connectivity index (χ3v) is 4.01. The van der Waals surface area contributed by atoms with Crippen LogP contribution < -0.4 is 9.47 Å². The first kappa shape index (κ1) is 17.7. The van der Waals surface area contributed by atoms with Crippen LogP contribution in [0.5, 0.6) is 17.4 Å². The minimum Gasteiger partial charge on any atom is -0.487 e. The van der Waals surface area contributed by atoms with Crippen molar-refractivity contribution in [3.63, 3.8) is 0 Å². The molecule has 1 aliphatic heterocycles. The van der Waals surface area contributed by atoms with Crippen LogP contribution in [-0.4, -0.2) is 46.6 Å². The number of aromatic nitrogens is 1. The van der Waals surface area contributed by atoms with Crippen molar-refractivity contribution < 1.29 is 24.2 Å². The van der Waals surface area contributed by atoms with Gasteiger partial charge in [-0.3, -0.25) is 4.79 Å². The van der Waals surface area contributed by atoms with Crippen molar-refractivity contribution in [2.45, 2.75) is 25.9 Å². The number of ether oxygens (including phenoxy) is 2. The van der Waals surface area contributed by atoms with E-state index in [9.17, 15) is 14.7 Å². The van der Waals surface area contributed by atoms with Crippen molar-refractivity contribution in [1.82, 2.24) is 9.88 Å². The van der Waals surface area contributed by atoms with Crippen molar-refractivity contribution in [3.8, 4) is 17.4 Å². The maximum Gasteiger partial charge on any atom is 0.335 e. The van der Waals surface area contributed by atoms with Gasteiger partial charge >= 0.3 is 5.97 Å². The number of nitrogens with zero attached hydrogens (tertiary/aromatic N) is 2. The second-order valence-electron chi connectivity index (χ2n) is 6.98. The van der Waals surface area contributed by atoms with Crippen LogP contribution >= 0.6 is 0 Å². The van der Waals surface area contributed by atoms with Gasteiger partial charge in [0.25, 0.3) is 5.91 Å². The molecule has 1 amide bonds. The van der Waals surface area contributed by atoms with Gasteiger partial charge in [-0.15, -0.1) is 0 Å². The molecule has 0 fully saturated rings. The molecule has 0 saturated carbocycles. The van der Waals surface area contributed by atoms with Gasteiger partial charge in [-0.25, -0.2) is 9.78 Å². The van der Waals surface area contributed by atoms with E-state index in [1.807, 2.05) is 13.8 Å². The fourth-order valence-corrected chi connectivity index (χ4v) is 2.80. The van der Waals surface area contributed by atoms with E-state index < -0.39 is 11.6 Å². The Morgan fingerprint density at radius 1 is 1.23 bits per heavy atom. The lowest BCUT2D eigenvalue weighted by molar-refractivity contribution is 0.0694. The number of carbonyl (C=O) groups is 2. The molecule has 7 nitrogen and oxygen atoms in total. The Labute approximate surface area is 151 Å². The van der Waals surface area contributed by atoms with Crippen molar-refractivity contribution in [2.75, 3.05) is 14.1 Å². The SMILES string of the molecule is CN(C)C(=O)c1ccc(Oc2cc(C(=O)O)cc3c2CC(C)(C)O3)nc1. The van der Waals surface area contributed by atoms with E-state index in [-0.39, 0.29) is 17.4 Å². The van der Waals surface area contributed by atoms with E-state index in [1.54, 1.807) is 26.2 Å². The lowest BCUT2D eigenvalue weighted by atomic mass is 10.00. The smallest absolute Gasteiger partial charge is 0.335 e. The van der Waals surface area contributed by atoms with Crippen LogP contribution in [0.2, 0.25) is 0 Å². The molecule has 7 heteroatoms. The molecule has 0 aliphatic carbocycles. The molecule has 1 aliphatic rings. The molecule has 136 valence electrons. The van der Waals surface area contributed by atoms with Gasteiger partial charge in [-0.1, -0.05) is 0 Å². The van der Waals surface area contributed by atoms with Crippen LogP contribution in [0.3, 0.4) is 0 Å². The summed E-state index contributed by atoms with van der Waals surface area (Å²) in [6, 6.07) is 6.17. The lowest BCUT2D eigenvalue weighted by Gasteiger charge is -2.16. The Morgan fingerprint density at radius 3 is 2.54 bits per heavy atom. The molecule has 0 saturated heterocycles. The fourth-order valence-electron chi connectivity index (χ4n) is 2.80. The van der Waals surface area contributed by atoms with E-state index in [2.05, 4.69) is 4.98 Å². The number of amides is 1. The van der Waals surface area contributed by atoms with Gasteiger partial charge in [0.1, 0.15) is 17.1 Å². The molecule has 3 rings (SSSR count). The van der Waals surface area contributed by atoms with Crippen LogP contribution in [-0.2, 0) is 6.42 Å². The molecule has 1 aromatic heterocycles. The summed E-state index contributed by atoms with van der Waals surface area (Å²) in [6.07, 6.45) is 2.02. The zero-order chi connectivity index (χ0) is 19.1. The predicted molar refractivity (Wildman–Crippen MR) is 94.1 cm³/mol. The summed E-state index contributed by atoms with van der Waals surface area (Å²) in [5.74, 6) is -0.0532. The average molecular weight is 356 g/mol. The Kier molecular flexibility index (Phi) is 4.31. The van der Waals surface area contributed by atoms with Crippen LogP contribution in [0.25, 0.3) is 0 Å². The first-order valence-corrected chi connectivity index (χ1v) is 8.11. The molecule has 0 unspecified atom stereocenters. The van der Waals surface area contributed by atoms with E-state index in [0.29, 0.717) is 23.5 Å². The molecule has 26 heavy (non-hydrogen) atoms. The van der Waals surface area contributed by atoms with E-state index >= 15 is 0 Å². The summed E-state index contributed by atoms with van der Waals surface area (Å²) < 4.78 is 11.6. The molecule has 1 N–H and O–H groups in total. The van der Waals surface area contributed by atoms with Gasteiger partial charge in [0.15, 0.2) is 0 Å². The summed E-state index contributed by atoms with van der Waals surface area (Å²) in [4.78, 5) is 28.9. The highest BCUT2D eigenvalue weighted by molar-refractivity contribution is 5.93. The van der Waals surface area contributed by atoms with Gasteiger partial charge in [0.2, 0.25) is 5.88 Å². The molecule has 2 heterocycles. The molecule has 1 aromatic carbocycles. The molecular formula is C19H20N2O5. The number of pyridine rings is 1. The van der Waals surface area contributed by atoms with Crippen LogP contribution in [0, 0.1) is 0 Å². The fraction of sp³-hybridized carbons (Fsp3) is 0.316. The van der Waals surface area contributed by atoms with E-state index in [0.717, 1.165) is 5.56 Å². The summed E-state index contributed by atoms with van der Waals surface area (Å²) in [5, 5.41) is 9.32. The summed E-state index contributed by atoms with van der Waals surface area (Å²) in [6.45, 7) is 3.86. The van der Waals surface area contributed by atoms with Gasteiger partial charge < -0.3 is 19.5 Å². The maximum atomic E-state index is 11.9. The molecule has 0 bridgehead atoms. The normalized spacial score (nSPS) is 14.3. The minimum atomic E-state index is -1.06. The van der Waals surface area contributed by atoms with Crippen LogP contribution in [0.15, 0.2) is 30.5 Å². The van der Waals surface area contributed by atoms with Gasteiger partial charge in [0.05, 0.1) is 11.1 Å². The van der Waals surface area contributed by atoms with Gasteiger partial charge in [-0.2, -0.15) is 0 Å². The quantitative estimate of drug-likeness (QED) is 0.906. The van der Waals surface area contributed by atoms with E-state index in [4.69, 9.17) is 9.47 Å². The second kappa shape index (κ2) is 6.33. The second-order valence-corrected chi connectivity index (χ2v) is 6.98. The zero-order valence-electron chi connectivity index (χ0n) is 15.1. The monoisotopic (exact) mass is 356 g/mol. The topological polar surface area (TPSA) is 89.0 Å². The van der Waals surface area contributed by atoms with Crippen molar-refractivity contribution in [3.05, 3.63) is 47.2 Å². The molecular weight excluding hydrogens is 336 g/mol. The summed E-state index contributed by atoms with van der Waals surface area (Å²) in [7, 11) is 3.32. The highest BCUT2D eigenvalue weighted by atomic mass is 16.5. The van der Waals surface area contributed by atoms with Crippen LogP contribution in [0.4, 0.5) is 0 Å². The molecule has 0 radical (unpaired) electrons. The number of hydrogen-bond donors (Lipinski definition) is 1. The third-order valence-electron chi connectivity index (χ3n) is 4.01. The highest BCUT2D eigenvalue weighted by Crippen LogP contribution is 2.42. The van der Waals surface area contributed by atoms with E-state index in [1.165, 1.54) is 23.2 Å². The Morgan fingerprint density at radius 2 is 1.96 bits per heavy atom. The number of carbonyl (C=O) groups excluding carboxylic acids is 1. The molecule has 0 spiro atoms. The first-order chi connectivity index (χ1) is 12.2. The third kappa shape index (κ3) is 3.46. The number of carboxylic acid groups (broad SMARTS) is 1. The first-order valence-electron chi connectivity index (χ1n) is 8.11. The number of fused-ring (bicyclic) bond motifs is 1. The van der Waals surface area contributed by atoms with Crippen molar-refractivity contribution in [2.24, 2.45) is 0 Å². The van der Waals surface area contributed by atoms with Gasteiger partial charge in [0, 0.05) is 38.3 Å². The largest absolute Gasteiger partial charge is 0.487 e. The summed E-state index contributed by atoms with van der Waals surface area (Å²) >= 11 is 0. The maximum absolute atomic E-state index is 11.9. The summed E-state index contributed by atoms with van der Waals surface area (Å²) in [5.41, 5.74) is 0.884. The number of hydrogen-bond acceptors (Lipinski definition) is 5. The lowest BCUT2D eigenvalue weighted by Crippen LogP contribution is -2.24. The Balaban J connectivity index is 1.93. The zero-order valence-corrected chi connectivity index (χ0v) is 15.1. The standard InChI is InChI=1S/C19H20N2O5/c1-19(2)9-13-14(7-12(18(23)24)8-15(13)26-19)25-16-6-5-11(10-20-16)17(22)21(3)4/h5-8,10H,9H2,1-4H3,(H,23,24). The Hall–Kier alpha value is -3.09.